The van der Waals surface area contributed by atoms with Crippen LogP contribution in [0.2, 0.25) is 0 Å². The highest BCUT2D eigenvalue weighted by Crippen LogP contribution is 2.32. The van der Waals surface area contributed by atoms with Crippen LogP contribution in [-0.2, 0) is 6.18 Å². The van der Waals surface area contributed by atoms with Crippen molar-refractivity contribution in [3.63, 3.8) is 0 Å². The molecule has 0 unspecified atom stereocenters. The molecule has 1 heterocycles. The Labute approximate surface area is 106 Å². The average molecular weight is 270 g/mol. The van der Waals surface area contributed by atoms with Crippen molar-refractivity contribution in [1.82, 2.24) is 9.97 Å². The van der Waals surface area contributed by atoms with Crippen LogP contribution in [0.4, 0.5) is 19.0 Å². The molecule has 0 atom stereocenters. The number of hydrogen-bond donors (Lipinski definition) is 2. The van der Waals surface area contributed by atoms with Gasteiger partial charge in [-0.1, -0.05) is 6.07 Å². The van der Waals surface area contributed by atoms with Gasteiger partial charge < -0.3 is 10.2 Å². The number of hydrazine groups is 1. The van der Waals surface area contributed by atoms with E-state index in [0.717, 1.165) is 12.1 Å². The minimum Gasteiger partial charge on any atom is -0.439 e. The highest BCUT2D eigenvalue weighted by atomic mass is 19.4. The Morgan fingerprint density at radius 2 is 1.95 bits per heavy atom. The summed E-state index contributed by atoms with van der Waals surface area (Å²) in [4.78, 5) is 7.51. The van der Waals surface area contributed by atoms with Crippen LogP contribution in [0.15, 0.2) is 36.7 Å². The molecule has 5 nitrogen and oxygen atoms in total. The molecule has 19 heavy (non-hydrogen) atoms. The molecule has 2 aromatic rings. The first-order valence-electron chi connectivity index (χ1n) is 5.13. The van der Waals surface area contributed by atoms with Gasteiger partial charge >= 0.3 is 6.18 Å². The van der Waals surface area contributed by atoms with Crippen LogP contribution >= 0.6 is 0 Å². The molecule has 0 saturated carbocycles. The van der Waals surface area contributed by atoms with Crippen molar-refractivity contribution < 1.29 is 17.9 Å². The van der Waals surface area contributed by atoms with Gasteiger partial charge in [0.15, 0.2) is 0 Å². The Morgan fingerprint density at radius 3 is 2.63 bits per heavy atom. The van der Waals surface area contributed by atoms with E-state index in [0.29, 0.717) is 0 Å². The fourth-order valence-electron chi connectivity index (χ4n) is 1.33. The molecule has 2 rings (SSSR count). The number of nitrogens with one attached hydrogen (secondary N) is 1. The van der Waals surface area contributed by atoms with E-state index in [1.54, 1.807) is 0 Å². The van der Waals surface area contributed by atoms with Crippen LogP contribution in [0, 0.1) is 0 Å². The first-order valence-corrected chi connectivity index (χ1v) is 5.13. The quantitative estimate of drug-likeness (QED) is 0.662. The number of nitrogens with zero attached hydrogens (tertiary/aromatic N) is 2. The smallest absolute Gasteiger partial charge is 0.416 e. The van der Waals surface area contributed by atoms with Crippen LogP contribution in [0.25, 0.3) is 0 Å². The second-order valence-corrected chi connectivity index (χ2v) is 3.51. The summed E-state index contributed by atoms with van der Waals surface area (Å²) in [6.45, 7) is 0. The summed E-state index contributed by atoms with van der Waals surface area (Å²) < 4.78 is 42.8. The molecule has 1 aromatic heterocycles. The molecule has 8 heteroatoms. The van der Waals surface area contributed by atoms with Crippen molar-refractivity contribution in [2.24, 2.45) is 5.84 Å². The molecular weight excluding hydrogens is 261 g/mol. The normalized spacial score (nSPS) is 11.2. The van der Waals surface area contributed by atoms with Gasteiger partial charge in [0, 0.05) is 6.07 Å². The molecule has 0 radical (unpaired) electrons. The number of benzene rings is 1. The molecular formula is C11H9F3N4O. The lowest BCUT2D eigenvalue weighted by Crippen LogP contribution is -2.08. The molecule has 100 valence electrons. The lowest BCUT2D eigenvalue weighted by molar-refractivity contribution is -0.137. The molecule has 0 aliphatic rings. The highest BCUT2D eigenvalue weighted by molar-refractivity contribution is 5.38. The Bertz CT molecular complexity index is 574. The van der Waals surface area contributed by atoms with Gasteiger partial charge in [-0.3, -0.25) is 0 Å². The van der Waals surface area contributed by atoms with Crippen molar-refractivity contribution >= 4 is 5.82 Å². The molecule has 0 aliphatic heterocycles. The van der Waals surface area contributed by atoms with Crippen LogP contribution < -0.4 is 16.0 Å². The fraction of sp³-hybridized carbons (Fsp3) is 0.0909. The number of halogens is 3. The summed E-state index contributed by atoms with van der Waals surface area (Å²) >= 11 is 0. The van der Waals surface area contributed by atoms with Crippen molar-refractivity contribution in [2.75, 3.05) is 5.43 Å². The van der Waals surface area contributed by atoms with E-state index >= 15 is 0 Å². The number of ether oxygens (including phenoxy) is 1. The second-order valence-electron chi connectivity index (χ2n) is 3.51. The molecule has 1 aromatic carbocycles. The standard InChI is InChI=1S/C11H9F3N4O/c12-11(13,14)7-2-1-3-8(4-7)19-10-5-9(18-15)16-6-17-10/h1-6H,15H2,(H,16,17,18). The number of aromatic nitrogens is 2. The van der Waals surface area contributed by atoms with Gasteiger partial charge in [0.05, 0.1) is 5.56 Å². The van der Waals surface area contributed by atoms with Gasteiger partial charge in [0.1, 0.15) is 17.9 Å². The van der Waals surface area contributed by atoms with Gasteiger partial charge in [0.2, 0.25) is 5.88 Å². The number of hydrogen-bond acceptors (Lipinski definition) is 5. The zero-order chi connectivity index (χ0) is 13.9. The van der Waals surface area contributed by atoms with Crippen molar-refractivity contribution in [3.05, 3.63) is 42.2 Å². The maximum absolute atomic E-state index is 12.5. The van der Waals surface area contributed by atoms with Crippen LogP contribution in [0.5, 0.6) is 11.6 Å². The summed E-state index contributed by atoms with van der Waals surface area (Å²) in [5.41, 5.74) is 1.48. The highest BCUT2D eigenvalue weighted by Gasteiger charge is 2.30. The first kappa shape index (κ1) is 13.1. The monoisotopic (exact) mass is 270 g/mol. The number of alkyl halides is 3. The van der Waals surface area contributed by atoms with E-state index in [-0.39, 0.29) is 17.4 Å². The predicted molar refractivity (Wildman–Crippen MR) is 61.4 cm³/mol. The molecule has 0 aliphatic carbocycles. The number of anilines is 1. The van der Waals surface area contributed by atoms with Gasteiger partial charge in [-0.25, -0.2) is 15.8 Å². The number of rotatable bonds is 3. The number of nitrogen functional groups attached to an aromatic ring is 1. The third-order valence-electron chi connectivity index (χ3n) is 2.17. The van der Waals surface area contributed by atoms with Gasteiger partial charge in [-0.15, -0.1) is 0 Å². The lowest BCUT2D eigenvalue weighted by atomic mass is 10.2. The largest absolute Gasteiger partial charge is 0.439 e. The SMILES string of the molecule is NNc1cc(Oc2cccc(C(F)(F)F)c2)ncn1. The van der Waals surface area contributed by atoms with Gasteiger partial charge in [0.25, 0.3) is 0 Å². The third-order valence-corrected chi connectivity index (χ3v) is 2.17. The topological polar surface area (TPSA) is 73.1 Å². The Morgan fingerprint density at radius 1 is 1.16 bits per heavy atom. The summed E-state index contributed by atoms with van der Waals surface area (Å²) in [5, 5.41) is 0. The molecule has 0 fully saturated rings. The Kier molecular flexibility index (Phi) is 3.52. The lowest BCUT2D eigenvalue weighted by Gasteiger charge is -2.09. The van der Waals surface area contributed by atoms with Gasteiger partial charge in [-0.2, -0.15) is 13.2 Å². The molecule has 3 N–H and O–H groups in total. The molecule has 0 amide bonds. The van der Waals surface area contributed by atoms with Crippen LogP contribution in [-0.4, -0.2) is 9.97 Å². The Balaban J connectivity index is 2.23. The van der Waals surface area contributed by atoms with E-state index in [2.05, 4.69) is 15.4 Å². The maximum Gasteiger partial charge on any atom is 0.416 e. The third kappa shape index (κ3) is 3.32. The predicted octanol–water partition coefficient (Wildman–Crippen LogP) is 2.57. The zero-order valence-corrected chi connectivity index (χ0v) is 9.48. The van der Waals surface area contributed by atoms with Crippen LogP contribution in [0.1, 0.15) is 5.56 Å². The second kappa shape index (κ2) is 5.11. The minimum absolute atomic E-state index is 0.0245. The molecule has 0 bridgehead atoms. The van der Waals surface area contributed by atoms with E-state index in [4.69, 9.17) is 10.6 Å². The van der Waals surface area contributed by atoms with Crippen molar-refractivity contribution in [1.29, 1.82) is 0 Å². The average Bonchev–Trinajstić information content (AvgIpc) is 2.38. The van der Waals surface area contributed by atoms with E-state index in [9.17, 15) is 13.2 Å². The summed E-state index contributed by atoms with van der Waals surface area (Å²) in [5.74, 6) is 5.55. The fourth-order valence-corrected chi connectivity index (χ4v) is 1.33. The minimum atomic E-state index is -4.42. The maximum atomic E-state index is 12.5. The summed E-state index contributed by atoms with van der Waals surface area (Å²) in [7, 11) is 0. The van der Waals surface area contributed by atoms with Crippen molar-refractivity contribution in [3.8, 4) is 11.6 Å². The number of nitrogens with two attached hydrogens (primary N) is 1. The van der Waals surface area contributed by atoms with Crippen molar-refractivity contribution in [2.45, 2.75) is 6.18 Å². The van der Waals surface area contributed by atoms with E-state index in [1.165, 1.54) is 24.5 Å². The van der Waals surface area contributed by atoms with Gasteiger partial charge in [-0.05, 0) is 18.2 Å². The zero-order valence-electron chi connectivity index (χ0n) is 9.48. The first-order chi connectivity index (χ1) is 8.99. The van der Waals surface area contributed by atoms with Crippen LogP contribution in [0.3, 0.4) is 0 Å². The van der Waals surface area contributed by atoms with E-state index in [1.807, 2.05) is 0 Å². The summed E-state index contributed by atoms with van der Waals surface area (Å²) in [6, 6.07) is 5.85. The Hall–Kier alpha value is -2.35. The molecule has 0 saturated heterocycles. The molecule has 0 spiro atoms. The van der Waals surface area contributed by atoms with E-state index < -0.39 is 11.7 Å². The summed E-state index contributed by atoms with van der Waals surface area (Å²) in [6.07, 6.45) is -3.24.